The predicted molar refractivity (Wildman–Crippen MR) is 130 cm³/mol. The van der Waals surface area contributed by atoms with E-state index in [2.05, 4.69) is 5.32 Å². The molecule has 33 heavy (non-hydrogen) atoms. The van der Waals surface area contributed by atoms with Crippen LogP contribution in [0.3, 0.4) is 0 Å². The van der Waals surface area contributed by atoms with Crippen LogP contribution in [0.25, 0.3) is 0 Å². The van der Waals surface area contributed by atoms with Gasteiger partial charge in [-0.1, -0.05) is 17.7 Å². The molecule has 0 aliphatic heterocycles. The van der Waals surface area contributed by atoms with Crippen molar-refractivity contribution in [3.8, 4) is 11.5 Å². The van der Waals surface area contributed by atoms with Crippen molar-refractivity contribution in [2.75, 3.05) is 23.3 Å². The molecule has 7 nitrogen and oxygen atoms in total. The molecule has 0 aromatic heterocycles. The average Bonchev–Trinajstić information content (AvgIpc) is 2.78. The topological polar surface area (TPSA) is 84.9 Å². The van der Waals surface area contributed by atoms with Gasteiger partial charge in [0.1, 0.15) is 18.0 Å². The van der Waals surface area contributed by atoms with E-state index in [1.54, 1.807) is 54.6 Å². The molecule has 0 aliphatic rings. The maximum atomic E-state index is 13.4. The molecular weight excluding hydrogens is 464 g/mol. The number of carbonyl (C=O) groups is 1. The van der Waals surface area contributed by atoms with Gasteiger partial charge in [0, 0.05) is 10.7 Å². The van der Waals surface area contributed by atoms with Crippen LogP contribution in [0.4, 0.5) is 11.4 Å². The number of ether oxygens (including phenoxy) is 2. The van der Waals surface area contributed by atoms with Gasteiger partial charge in [-0.3, -0.25) is 9.10 Å². The van der Waals surface area contributed by atoms with Gasteiger partial charge in [-0.25, -0.2) is 8.42 Å². The first kappa shape index (κ1) is 24.4. The van der Waals surface area contributed by atoms with Gasteiger partial charge in [-0.05, 0) is 80.6 Å². The Labute approximate surface area is 198 Å². The maximum Gasteiger partial charge on any atom is 0.264 e. The lowest BCUT2D eigenvalue weighted by Gasteiger charge is -2.24. The quantitative estimate of drug-likeness (QED) is 0.459. The molecule has 0 bridgehead atoms. The van der Waals surface area contributed by atoms with Gasteiger partial charge in [0.15, 0.2) is 0 Å². The van der Waals surface area contributed by atoms with Crippen LogP contribution < -0.4 is 19.1 Å². The number of carbonyl (C=O) groups excluding carboxylic acids is 1. The Balaban J connectivity index is 1.86. The third kappa shape index (κ3) is 6.40. The second-order valence-electron chi connectivity index (χ2n) is 7.41. The highest BCUT2D eigenvalue weighted by atomic mass is 35.5. The average molecular weight is 489 g/mol. The number of halogens is 1. The summed E-state index contributed by atoms with van der Waals surface area (Å²) in [6.07, 6.45) is 0.0276. The van der Waals surface area contributed by atoms with E-state index in [4.69, 9.17) is 21.1 Å². The number of hydrogen-bond acceptors (Lipinski definition) is 5. The molecule has 1 amide bonds. The first-order valence-corrected chi connectivity index (χ1v) is 12.0. The number of sulfonamides is 1. The van der Waals surface area contributed by atoms with Crippen molar-refractivity contribution in [3.05, 3.63) is 77.8 Å². The number of methoxy groups -OCH3 is 1. The number of hydrogen-bond donors (Lipinski definition) is 1. The molecule has 0 spiro atoms. The zero-order valence-corrected chi connectivity index (χ0v) is 20.1. The van der Waals surface area contributed by atoms with Gasteiger partial charge < -0.3 is 14.8 Å². The van der Waals surface area contributed by atoms with Crippen LogP contribution in [0.2, 0.25) is 5.02 Å². The zero-order valence-electron chi connectivity index (χ0n) is 18.5. The summed E-state index contributed by atoms with van der Waals surface area (Å²) in [5, 5.41) is 3.08. The summed E-state index contributed by atoms with van der Waals surface area (Å²) in [4.78, 5) is 12.8. The summed E-state index contributed by atoms with van der Waals surface area (Å²) in [7, 11) is -2.57. The highest BCUT2D eigenvalue weighted by Gasteiger charge is 2.27. The van der Waals surface area contributed by atoms with Gasteiger partial charge in [0.05, 0.1) is 23.8 Å². The van der Waals surface area contributed by atoms with E-state index in [9.17, 15) is 13.2 Å². The largest absolute Gasteiger partial charge is 0.497 e. The molecule has 0 atom stereocenters. The summed E-state index contributed by atoms with van der Waals surface area (Å²) in [5.41, 5.74) is 0.790. The Kier molecular flexibility index (Phi) is 7.84. The SMILES string of the molecule is COc1ccc(S(=O)(=O)N(CC(=O)Nc2ccc(OC(C)C)cc2)c2cccc(Cl)c2)cc1. The highest BCUT2D eigenvalue weighted by Crippen LogP contribution is 2.27. The van der Waals surface area contributed by atoms with E-state index in [-0.39, 0.29) is 16.7 Å². The molecule has 0 saturated heterocycles. The molecule has 0 radical (unpaired) electrons. The van der Waals surface area contributed by atoms with E-state index in [0.717, 1.165) is 4.31 Å². The molecule has 0 fully saturated rings. The van der Waals surface area contributed by atoms with Crippen LogP contribution in [0.15, 0.2) is 77.7 Å². The van der Waals surface area contributed by atoms with Crippen molar-refractivity contribution in [3.63, 3.8) is 0 Å². The van der Waals surface area contributed by atoms with E-state index in [1.165, 1.54) is 25.3 Å². The summed E-state index contributed by atoms with van der Waals surface area (Å²) < 4.78 is 38.6. The summed E-state index contributed by atoms with van der Waals surface area (Å²) in [6, 6.07) is 19.1. The fourth-order valence-corrected chi connectivity index (χ4v) is 4.64. The Morgan fingerprint density at radius 2 is 1.64 bits per heavy atom. The second kappa shape index (κ2) is 10.6. The number of nitrogens with zero attached hydrogens (tertiary/aromatic N) is 1. The minimum absolute atomic E-state index is 0.0197. The van der Waals surface area contributed by atoms with Gasteiger partial charge in [0.2, 0.25) is 5.91 Å². The number of nitrogens with one attached hydrogen (secondary N) is 1. The number of amides is 1. The third-order valence-corrected chi connectivity index (χ3v) is 6.56. The Bertz CT molecular complexity index is 1200. The third-order valence-electron chi connectivity index (χ3n) is 4.54. The molecule has 1 N–H and O–H groups in total. The number of anilines is 2. The zero-order chi connectivity index (χ0) is 24.0. The summed E-state index contributed by atoms with van der Waals surface area (Å²) in [6.45, 7) is 3.39. The van der Waals surface area contributed by atoms with E-state index in [1.807, 2.05) is 13.8 Å². The minimum Gasteiger partial charge on any atom is -0.497 e. The molecule has 174 valence electrons. The predicted octanol–water partition coefficient (Wildman–Crippen LogP) is 4.97. The Morgan fingerprint density at radius 3 is 2.21 bits per heavy atom. The van der Waals surface area contributed by atoms with Gasteiger partial charge in [-0.2, -0.15) is 0 Å². The molecule has 0 unspecified atom stereocenters. The van der Waals surface area contributed by atoms with Gasteiger partial charge in [0.25, 0.3) is 10.0 Å². The molecular formula is C24H25ClN2O5S. The Morgan fingerprint density at radius 1 is 1.00 bits per heavy atom. The lowest BCUT2D eigenvalue weighted by atomic mass is 10.3. The van der Waals surface area contributed by atoms with Crippen LogP contribution in [0, 0.1) is 0 Å². The highest BCUT2D eigenvalue weighted by molar-refractivity contribution is 7.92. The van der Waals surface area contributed by atoms with Crippen molar-refractivity contribution in [2.24, 2.45) is 0 Å². The fraction of sp³-hybridized carbons (Fsp3) is 0.208. The van der Waals surface area contributed by atoms with Crippen molar-refractivity contribution in [1.29, 1.82) is 0 Å². The molecule has 3 aromatic carbocycles. The minimum atomic E-state index is -4.07. The van der Waals surface area contributed by atoms with E-state index in [0.29, 0.717) is 22.2 Å². The van der Waals surface area contributed by atoms with Crippen molar-refractivity contribution >= 4 is 38.9 Å². The van der Waals surface area contributed by atoms with Crippen LogP contribution in [0.1, 0.15) is 13.8 Å². The van der Waals surface area contributed by atoms with Gasteiger partial charge in [-0.15, -0.1) is 0 Å². The van der Waals surface area contributed by atoms with Crippen LogP contribution in [-0.4, -0.2) is 34.1 Å². The van der Waals surface area contributed by atoms with E-state index < -0.39 is 22.5 Å². The number of rotatable bonds is 9. The van der Waals surface area contributed by atoms with Crippen molar-refractivity contribution in [1.82, 2.24) is 0 Å². The van der Waals surface area contributed by atoms with Crippen LogP contribution in [0.5, 0.6) is 11.5 Å². The summed E-state index contributed by atoms with van der Waals surface area (Å²) >= 11 is 6.09. The molecule has 3 rings (SSSR count). The molecule has 0 aliphatic carbocycles. The molecule has 3 aromatic rings. The smallest absolute Gasteiger partial charge is 0.264 e. The normalized spacial score (nSPS) is 11.2. The van der Waals surface area contributed by atoms with Crippen LogP contribution >= 0.6 is 11.6 Å². The monoisotopic (exact) mass is 488 g/mol. The second-order valence-corrected chi connectivity index (χ2v) is 9.70. The standard InChI is InChI=1S/C24H25ClN2O5S/c1-17(2)32-22-9-7-19(8-10-22)26-24(28)16-27(20-6-4-5-18(25)15-20)33(29,30)23-13-11-21(31-3)12-14-23/h4-15,17H,16H2,1-3H3,(H,26,28). The lowest BCUT2D eigenvalue weighted by Crippen LogP contribution is -2.38. The fourth-order valence-electron chi connectivity index (χ4n) is 3.04. The maximum absolute atomic E-state index is 13.4. The van der Waals surface area contributed by atoms with Crippen molar-refractivity contribution < 1.29 is 22.7 Å². The molecule has 9 heteroatoms. The van der Waals surface area contributed by atoms with Crippen molar-refractivity contribution in [2.45, 2.75) is 24.8 Å². The number of benzene rings is 3. The lowest BCUT2D eigenvalue weighted by molar-refractivity contribution is -0.114. The van der Waals surface area contributed by atoms with Gasteiger partial charge >= 0.3 is 0 Å². The first-order valence-electron chi connectivity index (χ1n) is 10.2. The molecule has 0 saturated carbocycles. The first-order chi connectivity index (χ1) is 15.7. The summed E-state index contributed by atoms with van der Waals surface area (Å²) in [5.74, 6) is 0.682. The Hall–Kier alpha value is -3.23. The molecule has 0 heterocycles. The van der Waals surface area contributed by atoms with E-state index >= 15 is 0 Å². The van der Waals surface area contributed by atoms with Crippen LogP contribution in [-0.2, 0) is 14.8 Å².